The second kappa shape index (κ2) is 5.71. The van der Waals surface area contributed by atoms with Gasteiger partial charge in [-0.1, -0.05) is 0 Å². The molecule has 19 heavy (non-hydrogen) atoms. The van der Waals surface area contributed by atoms with Crippen molar-refractivity contribution < 1.29 is 14.7 Å². The topological polar surface area (TPSA) is 72.9 Å². The molecule has 0 radical (unpaired) electrons. The van der Waals surface area contributed by atoms with Crippen LogP contribution in [0.3, 0.4) is 0 Å². The lowest BCUT2D eigenvalue weighted by molar-refractivity contribution is -0.143. The predicted octanol–water partition coefficient (Wildman–Crippen LogP) is -0.477. The van der Waals surface area contributed by atoms with Crippen LogP contribution in [-0.4, -0.2) is 72.1 Å². The minimum atomic E-state index is -0.807. The van der Waals surface area contributed by atoms with E-state index in [1.807, 2.05) is 16.7 Å². The van der Waals surface area contributed by atoms with Gasteiger partial charge in [0.05, 0.1) is 0 Å². The molecule has 2 rings (SSSR count). The molecule has 0 aromatic rings. The number of nitrogens with one attached hydrogen (secondary N) is 1. The van der Waals surface area contributed by atoms with Gasteiger partial charge in [0.1, 0.15) is 6.04 Å². The Hall–Kier alpha value is -1.40. The van der Waals surface area contributed by atoms with Crippen molar-refractivity contribution in [3.63, 3.8) is 0 Å². The van der Waals surface area contributed by atoms with E-state index in [1.165, 1.54) is 5.57 Å². The van der Waals surface area contributed by atoms with Gasteiger partial charge in [0.15, 0.2) is 0 Å². The zero-order valence-corrected chi connectivity index (χ0v) is 11.5. The van der Waals surface area contributed by atoms with Gasteiger partial charge < -0.3 is 15.3 Å². The normalized spacial score (nSPS) is 21.8. The van der Waals surface area contributed by atoms with Gasteiger partial charge in [-0.2, -0.15) is 0 Å². The van der Waals surface area contributed by atoms with E-state index in [2.05, 4.69) is 5.32 Å². The zero-order chi connectivity index (χ0) is 14.0. The highest BCUT2D eigenvalue weighted by atomic mass is 16.4. The molecule has 2 fully saturated rings. The van der Waals surface area contributed by atoms with Crippen LogP contribution in [0.4, 0.5) is 0 Å². The Balaban J connectivity index is 1.89. The van der Waals surface area contributed by atoms with Crippen LogP contribution in [0, 0.1) is 0 Å². The molecule has 2 N–H and O–H groups in total. The van der Waals surface area contributed by atoms with Gasteiger partial charge in [0.25, 0.3) is 0 Å². The molecule has 0 spiro atoms. The monoisotopic (exact) mass is 267 g/mol. The lowest BCUT2D eigenvalue weighted by Gasteiger charge is -2.37. The average Bonchev–Trinajstić information content (AvgIpc) is 2.35. The molecule has 0 aromatic heterocycles. The van der Waals surface area contributed by atoms with Crippen LogP contribution in [0.2, 0.25) is 0 Å². The number of carbonyl (C=O) groups excluding carboxylic acids is 1. The summed E-state index contributed by atoms with van der Waals surface area (Å²) >= 11 is 0. The Kier molecular flexibility index (Phi) is 4.21. The number of carboxylic acid groups (broad SMARTS) is 1. The van der Waals surface area contributed by atoms with Crippen LogP contribution in [0.5, 0.6) is 0 Å². The van der Waals surface area contributed by atoms with E-state index >= 15 is 0 Å². The highest BCUT2D eigenvalue weighted by molar-refractivity contribution is 5.94. The molecule has 2 saturated heterocycles. The largest absolute Gasteiger partial charge is 0.480 e. The number of carboxylic acids is 1. The SMILES string of the molecule is CC(C(=O)N1CCN(C(C)C(=O)O)CC1)=C1CNC1. The first-order valence-electron chi connectivity index (χ1n) is 6.66. The van der Waals surface area contributed by atoms with Crippen LogP contribution in [-0.2, 0) is 9.59 Å². The first-order chi connectivity index (χ1) is 9.00. The van der Waals surface area contributed by atoms with E-state index in [1.54, 1.807) is 6.92 Å². The quantitative estimate of drug-likeness (QED) is 0.676. The second-order valence-corrected chi connectivity index (χ2v) is 5.17. The van der Waals surface area contributed by atoms with Crippen LogP contribution in [0.15, 0.2) is 11.1 Å². The molecule has 6 nitrogen and oxygen atoms in total. The second-order valence-electron chi connectivity index (χ2n) is 5.17. The Labute approximate surface area is 113 Å². The Morgan fingerprint density at radius 2 is 1.79 bits per heavy atom. The summed E-state index contributed by atoms with van der Waals surface area (Å²) in [5.74, 6) is -0.710. The van der Waals surface area contributed by atoms with Crippen molar-refractivity contribution in [3.8, 4) is 0 Å². The first kappa shape index (κ1) is 14.0. The maximum absolute atomic E-state index is 12.2. The van der Waals surface area contributed by atoms with Gasteiger partial charge in [0, 0.05) is 44.8 Å². The third kappa shape index (κ3) is 2.96. The molecule has 0 bridgehead atoms. The molecule has 0 aliphatic carbocycles. The molecular formula is C13H21N3O3. The highest BCUT2D eigenvalue weighted by Gasteiger charge is 2.28. The molecule has 1 atom stereocenters. The number of nitrogens with zero attached hydrogens (tertiary/aromatic N) is 2. The van der Waals surface area contributed by atoms with E-state index < -0.39 is 12.0 Å². The summed E-state index contributed by atoms with van der Waals surface area (Å²) in [7, 11) is 0. The molecular weight excluding hydrogens is 246 g/mol. The van der Waals surface area contributed by atoms with Crippen LogP contribution < -0.4 is 5.32 Å². The van der Waals surface area contributed by atoms with Crippen LogP contribution in [0.1, 0.15) is 13.8 Å². The minimum absolute atomic E-state index is 0.0964. The summed E-state index contributed by atoms with van der Waals surface area (Å²) in [6.45, 7) is 7.65. The van der Waals surface area contributed by atoms with Gasteiger partial charge in [0.2, 0.25) is 5.91 Å². The maximum Gasteiger partial charge on any atom is 0.320 e. The highest BCUT2D eigenvalue weighted by Crippen LogP contribution is 2.14. The first-order valence-corrected chi connectivity index (χ1v) is 6.66. The molecule has 1 unspecified atom stereocenters. The third-order valence-electron chi connectivity index (χ3n) is 4.03. The number of rotatable bonds is 3. The Bertz CT molecular complexity index is 405. The summed E-state index contributed by atoms with van der Waals surface area (Å²) in [4.78, 5) is 26.9. The van der Waals surface area contributed by atoms with E-state index in [9.17, 15) is 9.59 Å². The summed E-state index contributed by atoms with van der Waals surface area (Å²) < 4.78 is 0. The molecule has 0 aromatic carbocycles. The minimum Gasteiger partial charge on any atom is -0.480 e. The number of carbonyl (C=O) groups is 2. The van der Waals surface area contributed by atoms with Crippen molar-refractivity contribution >= 4 is 11.9 Å². The standard InChI is InChI=1S/C13H21N3O3/c1-9(11-7-14-8-11)12(17)16-5-3-15(4-6-16)10(2)13(18)19/h10,14H,3-8H2,1-2H3,(H,18,19). The summed E-state index contributed by atoms with van der Waals surface area (Å²) in [5, 5.41) is 12.1. The predicted molar refractivity (Wildman–Crippen MR) is 70.8 cm³/mol. The molecule has 2 aliphatic heterocycles. The van der Waals surface area contributed by atoms with Crippen LogP contribution in [0.25, 0.3) is 0 Å². The van der Waals surface area contributed by atoms with Crippen molar-refractivity contribution in [1.82, 2.24) is 15.1 Å². The van der Waals surface area contributed by atoms with Crippen molar-refractivity contribution in [1.29, 1.82) is 0 Å². The van der Waals surface area contributed by atoms with Gasteiger partial charge in [-0.05, 0) is 19.4 Å². The Morgan fingerprint density at radius 3 is 2.21 bits per heavy atom. The molecule has 2 heterocycles. The van der Waals surface area contributed by atoms with E-state index in [4.69, 9.17) is 5.11 Å². The fourth-order valence-corrected chi connectivity index (χ4v) is 2.37. The lowest BCUT2D eigenvalue weighted by atomic mass is 10.0. The zero-order valence-electron chi connectivity index (χ0n) is 11.5. The van der Waals surface area contributed by atoms with Crippen molar-refractivity contribution in [2.24, 2.45) is 0 Å². The van der Waals surface area contributed by atoms with Crippen LogP contribution >= 0.6 is 0 Å². The maximum atomic E-state index is 12.2. The van der Waals surface area contributed by atoms with E-state index in [0.29, 0.717) is 26.2 Å². The summed E-state index contributed by atoms with van der Waals surface area (Å²) in [5.41, 5.74) is 2.03. The number of piperazine rings is 1. The number of amides is 1. The van der Waals surface area contributed by atoms with Gasteiger partial charge in [-0.25, -0.2) is 0 Å². The molecule has 2 aliphatic rings. The molecule has 1 amide bonds. The molecule has 6 heteroatoms. The summed E-state index contributed by atoms with van der Waals surface area (Å²) in [6, 6.07) is -0.479. The third-order valence-corrected chi connectivity index (χ3v) is 4.03. The number of aliphatic carboxylic acids is 1. The summed E-state index contributed by atoms with van der Waals surface area (Å²) in [6.07, 6.45) is 0. The van der Waals surface area contributed by atoms with E-state index in [0.717, 1.165) is 18.7 Å². The van der Waals surface area contributed by atoms with Crippen molar-refractivity contribution in [2.45, 2.75) is 19.9 Å². The van der Waals surface area contributed by atoms with Crippen molar-refractivity contribution in [3.05, 3.63) is 11.1 Å². The molecule has 106 valence electrons. The smallest absolute Gasteiger partial charge is 0.320 e. The average molecular weight is 267 g/mol. The number of hydrogen-bond acceptors (Lipinski definition) is 4. The van der Waals surface area contributed by atoms with E-state index in [-0.39, 0.29) is 5.91 Å². The fourth-order valence-electron chi connectivity index (χ4n) is 2.37. The lowest BCUT2D eigenvalue weighted by Crippen LogP contribution is -2.53. The number of hydrogen-bond donors (Lipinski definition) is 2. The van der Waals surface area contributed by atoms with Gasteiger partial charge >= 0.3 is 5.97 Å². The van der Waals surface area contributed by atoms with Crippen molar-refractivity contribution in [2.75, 3.05) is 39.3 Å². The van der Waals surface area contributed by atoms with Gasteiger partial charge in [-0.15, -0.1) is 0 Å². The Morgan fingerprint density at radius 1 is 1.21 bits per heavy atom. The molecule has 0 saturated carbocycles. The fraction of sp³-hybridized carbons (Fsp3) is 0.692. The van der Waals surface area contributed by atoms with Gasteiger partial charge in [-0.3, -0.25) is 14.5 Å².